The highest BCUT2D eigenvalue weighted by Crippen LogP contribution is 2.10. The molecule has 0 saturated carbocycles. The van der Waals surface area contributed by atoms with Crippen molar-refractivity contribution in [2.75, 3.05) is 0 Å². The van der Waals surface area contributed by atoms with Crippen LogP contribution in [0.3, 0.4) is 0 Å². The summed E-state index contributed by atoms with van der Waals surface area (Å²) in [6.07, 6.45) is 2.51. The molecular formula is C8H6O3. The van der Waals surface area contributed by atoms with E-state index < -0.39 is 5.97 Å². The lowest BCUT2D eigenvalue weighted by Gasteiger charge is -2.01. The van der Waals surface area contributed by atoms with E-state index in [-0.39, 0.29) is 16.9 Å². The topological polar surface area (TPSA) is 54.4 Å². The van der Waals surface area contributed by atoms with Gasteiger partial charge in [0.05, 0.1) is 5.57 Å². The number of carbonyl (C=O) groups excluding carboxylic acids is 1. The number of rotatable bonds is 1. The van der Waals surface area contributed by atoms with Crippen LogP contribution in [0.2, 0.25) is 0 Å². The van der Waals surface area contributed by atoms with Crippen LogP contribution in [0.4, 0.5) is 0 Å². The van der Waals surface area contributed by atoms with Crippen molar-refractivity contribution in [1.29, 1.82) is 0 Å². The number of carbonyl (C=O) groups is 2. The van der Waals surface area contributed by atoms with Crippen LogP contribution in [0, 0.1) is 0 Å². The van der Waals surface area contributed by atoms with Crippen molar-refractivity contribution in [2.24, 2.45) is 0 Å². The average molecular weight is 150 g/mol. The van der Waals surface area contributed by atoms with E-state index in [0.29, 0.717) is 0 Å². The maximum atomic E-state index is 10.8. The van der Waals surface area contributed by atoms with Gasteiger partial charge in [-0.05, 0) is 13.0 Å². The first-order valence-corrected chi connectivity index (χ1v) is 3.04. The minimum atomic E-state index is -1.09. The minimum Gasteiger partial charge on any atom is -0.478 e. The number of carboxylic acid groups (broad SMARTS) is 1. The predicted octanol–water partition coefficient (Wildman–Crippen LogP) is 0.681. The van der Waals surface area contributed by atoms with E-state index in [0.717, 1.165) is 0 Å². The Balaban J connectivity index is 3.22. The zero-order chi connectivity index (χ0) is 8.43. The van der Waals surface area contributed by atoms with Gasteiger partial charge in [0.1, 0.15) is 0 Å². The summed E-state index contributed by atoms with van der Waals surface area (Å²) in [6, 6.07) is 0. The zero-order valence-corrected chi connectivity index (χ0v) is 5.92. The normalized spacial score (nSPS) is 15.9. The van der Waals surface area contributed by atoms with Crippen LogP contribution in [-0.2, 0) is 9.59 Å². The number of allylic oxidation sites excluding steroid dienone is 1. The molecule has 3 nitrogen and oxygen atoms in total. The first kappa shape index (κ1) is 7.51. The lowest BCUT2D eigenvalue weighted by molar-refractivity contribution is -0.132. The second-order valence-electron chi connectivity index (χ2n) is 2.16. The molecule has 0 radical (unpaired) electrons. The van der Waals surface area contributed by atoms with Crippen molar-refractivity contribution in [3.8, 4) is 0 Å². The third kappa shape index (κ3) is 1.28. The van der Waals surface area contributed by atoms with Gasteiger partial charge < -0.3 is 5.11 Å². The summed E-state index contributed by atoms with van der Waals surface area (Å²) in [7, 11) is 0. The molecule has 0 bridgehead atoms. The number of hydrogen-bond acceptors (Lipinski definition) is 2. The van der Waals surface area contributed by atoms with E-state index in [9.17, 15) is 9.59 Å². The lowest BCUT2D eigenvalue weighted by Crippen LogP contribution is -2.08. The monoisotopic (exact) mass is 150 g/mol. The molecule has 0 saturated heterocycles. The highest BCUT2D eigenvalue weighted by molar-refractivity contribution is 6.10. The highest BCUT2D eigenvalue weighted by atomic mass is 16.4. The van der Waals surface area contributed by atoms with Gasteiger partial charge in [-0.2, -0.15) is 0 Å². The van der Waals surface area contributed by atoms with E-state index in [1.54, 1.807) is 0 Å². The lowest BCUT2D eigenvalue weighted by atomic mass is 10.0. The van der Waals surface area contributed by atoms with Gasteiger partial charge in [0.15, 0.2) is 5.78 Å². The van der Waals surface area contributed by atoms with Crippen LogP contribution < -0.4 is 0 Å². The van der Waals surface area contributed by atoms with E-state index in [4.69, 9.17) is 5.11 Å². The molecule has 0 aromatic heterocycles. The molecule has 0 unspecified atom stereocenters. The summed E-state index contributed by atoms with van der Waals surface area (Å²) in [6.45, 7) is 1.49. The van der Waals surface area contributed by atoms with Crippen molar-refractivity contribution in [3.05, 3.63) is 29.0 Å². The van der Waals surface area contributed by atoms with Crippen LogP contribution in [0.25, 0.3) is 0 Å². The van der Waals surface area contributed by atoms with E-state index in [1.807, 2.05) is 0 Å². The fourth-order valence-electron chi connectivity index (χ4n) is 0.772. The summed E-state index contributed by atoms with van der Waals surface area (Å²) < 4.78 is 0. The molecule has 0 amide bonds. The summed E-state index contributed by atoms with van der Waals surface area (Å²) in [5.41, 5.74) is 2.74. The van der Waals surface area contributed by atoms with Crippen molar-refractivity contribution >= 4 is 11.8 Å². The molecule has 0 aliphatic heterocycles. The summed E-state index contributed by atoms with van der Waals surface area (Å²) in [5.74, 6) is -1.37. The zero-order valence-electron chi connectivity index (χ0n) is 5.92. The fraction of sp³-hybridized carbons (Fsp3) is 0.125. The first-order valence-electron chi connectivity index (χ1n) is 3.04. The van der Waals surface area contributed by atoms with Crippen LogP contribution in [0.1, 0.15) is 6.92 Å². The number of aliphatic carboxylic acids is 1. The Morgan fingerprint density at radius 1 is 1.55 bits per heavy atom. The molecule has 11 heavy (non-hydrogen) atoms. The highest BCUT2D eigenvalue weighted by Gasteiger charge is 2.14. The average Bonchev–Trinajstić information content (AvgIpc) is 1.94. The Labute approximate surface area is 63.3 Å². The SMILES string of the molecule is CC1=C(C(=O)O)C=C=CC1=O. The minimum absolute atomic E-state index is 0.0255. The second kappa shape index (κ2) is 2.56. The van der Waals surface area contributed by atoms with Gasteiger partial charge in [-0.3, -0.25) is 4.79 Å². The largest absolute Gasteiger partial charge is 0.478 e. The first-order chi connectivity index (χ1) is 5.13. The summed E-state index contributed by atoms with van der Waals surface area (Å²) in [4.78, 5) is 21.3. The number of hydrogen-bond donors (Lipinski definition) is 1. The second-order valence-corrected chi connectivity index (χ2v) is 2.16. The molecule has 3 heteroatoms. The van der Waals surface area contributed by atoms with Crippen LogP contribution in [-0.4, -0.2) is 16.9 Å². The Morgan fingerprint density at radius 3 is 2.64 bits per heavy atom. The molecule has 1 rings (SSSR count). The Morgan fingerprint density at radius 2 is 2.18 bits per heavy atom. The van der Waals surface area contributed by atoms with Gasteiger partial charge in [0, 0.05) is 11.6 Å². The Hall–Kier alpha value is -1.60. The predicted molar refractivity (Wildman–Crippen MR) is 38.0 cm³/mol. The van der Waals surface area contributed by atoms with Crippen molar-refractivity contribution < 1.29 is 14.7 Å². The third-order valence-corrected chi connectivity index (χ3v) is 1.45. The van der Waals surface area contributed by atoms with Gasteiger partial charge in [0.2, 0.25) is 0 Å². The fourth-order valence-corrected chi connectivity index (χ4v) is 0.772. The molecule has 0 aromatic carbocycles. The quantitative estimate of drug-likeness (QED) is 0.559. The molecule has 0 spiro atoms. The maximum absolute atomic E-state index is 10.8. The van der Waals surface area contributed by atoms with Crippen LogP contribution in [0.15, 0.2) is 29.0 Å². The Bertz CT molecular complexity index is 314. The molecule has 0 fully saturated rings. The van der Waals surface area contributed by atoms with Gasteiger partial charge in [-0.1, -0.05) is 0 Å². The molecule has 1 aliphatic rings. The number of carboxylic acids is 1. The van der Waals surface area contributed by atoms with E-state index >= 15 is 0 Å². The molecule has 0 atom stereocenters. The van der Waals surface area contributed by atoms with Gasteiger partial charge >= 0.3 is 5.97 Å². The van der Waals surface area contributed by atoms with Crippen molar-refractivity contribution in [2.45, 2.75) is 6.92 Å². The Kier molecular flexibility index (Phi) is 1.75. The molecule has 0 heterocycles. The smallest absolute Gasteiger partial charge is 0.336 e. The molecule has 1 aliphatic carbocycles. The van der Waals surface area contributed by atoms with E-state index in [1.165, 1.54) is 19.1 Å². The van der Waals surface area contributed by atoms with Crippen LogP contribution in [0.5, 0.6) is 0 Å². The molecule has 0 aromatic rings. The molecule has 56 valence electrons. The van der Waals surface area contributed by atoms with E-state index in [2.05, 4.69) is 5.73 Å². The van der Waals surface area contributed by atoms with Crippen LogP contribution >= 0.6 is 0 Å². The van der Waals surface area contributed by atoms with Gasteiger partial charge in [-0.15, -0.1) is 5.73 Å². The van der Waals surface area contributed by atoms with Gasteiger partial charge in [0.25, 0.3) is 0 Å². The van der Waals surface area contributed by atoms with Crippen molar-refractivity contribution in [3.63, 3.8) is 0 Å². The maximum Gasteiger partial charge on any atom is 0.336 e. The number of ketones is 1. The van der Waals surface area contributed by atoms with Gasteiger partial charge in [-0.25, -0.2) is 4.79 Å². The molecular weight excluding hydrogens is 144 g/mol. The summed E-state index contributed by atoms with van der Waals surface area (Å²) in [5, 5.41) is 8.53. The summed E-state index contributed by atoms with van der Waals surface area (Å²) >= 11 is 0. The standard InChI is InChI=1S/C8H6O3/c1-5-6(8(10)11)3-2-4-7(5)9/h3-4H,1H3,(H,10,11). The third-order valence-electron chi connectivity index (χ3n) is 1.45. The molecule has 1 N–H and O–H groups in total. The van der Waals surface area contributed by atoms with Crippen molar-refractivity contribution in [1.82, 2.24) is 0 Å².